The predicted molar refractivity (Wildman–Crippen MR) is 137 cm³/mol. The molecule has 6 rings (SSSR count). The van der Waals surface area contributed by atoms with Gasteiger partial charge in [0.1, 0.15) is 23.2 Å². The SMILES string of the molecule is Cc1nc2cc(CNC(=O)c3cc(C(=O)N[C@H]4CCc5c4ccc(C(=O)O)c5C)n4ncnc4n3)ccc2o1. The Morgan fingerprint density at radius 2 is 1.95 bits per heavy atom. The van der Waals surface area contributed by atoms with Crippen molar-refractivity contribution in [1.29, 1.82) is 0 Å². The molecule has 1 aliphatic rings. The van der Waals surface area contributed by atoms with Crippen molar-refractivity contribution in [3.63, 3.8) is 0 Å². The van der Waals surface area contributed by atoms with Crippen LogP contribution in [0.25, 0.3) is 16.9 Å². The van der Waals surface area contributed by atoms with E-state index in [0.717, 1.165) is 16.7 Å². The van der Waals surface area contributed by atoms with Gasteiger partial charge in [0.05, 0.1) is 11.6 Å². The lowest BCUT2D eigenvalue weighted by Gasteiger charge is -2.16. The van der Waals surface area contributed by atoms with Gasteiger partial charge < -0.3 is 20.2 Å². The highest BCUT2D eigenvalue weighted by Gasteiger charge is 2.29. The number of aromatic nitrogens is 5. The molecule has 2 aromatic carbocycles. The van der Waals surface area contributed by atoms with Crippen LogP contribution >= 0.6 is 0 Å². The molecule has 0 unspecified atom stereocenters. The van der Waals surface area contributed by atoms with E-state index in [4.69, 9.17) is 4.42 Å². The summed E-state index contributed by atoms with van der Waals surface area (Å²) in [5.41, 5.74) is 5.09. The van der Waals surface area contributed by atoms with Gasteiger partial charge in [-0.3, -0.25) is 9.59 Å². The van der Waals surface area contributed by atoms with Crippen LogP contribution in [0, 0.1) is 13.8 Å². The van der Waals surface area contributed by atoms with E-state index in [2.05, 4.69) is 30.7 Å². The summed E-state index contributed by atoms with van der Waals surface area (Å²) in [6.45, 7) is 3.77. The lowest BCUT2D eigenvalue weighted by molar-refractivity contribution is 0.0695. The summed E-state index contributed by atoms with van der Waals surface area (Å²) in [4.78, 5) is 50.6. The Hall–Kier alpha value is -5.13. The van der Waals surface area contributed by atoms with Crippen molar-refractivity contribution in [2.75, 3.05) is 0 Å². The number of aromatic carboxylic acids is 1. The first-order valence-electron chi connectivity index (χ1n) is 12.3. The van der Waals surface area contributed by atoms with E-state index >= 15 is 0 Å². The highest BCUT2D eigenvalue weighted by Crippen LogP contribution is 2.35. The van der Waals surface area contributed by atoms with Gasteiger partial charge in [0.2, 0.25) is 0 Å². The van der Waals surface area contributed by atoms with Gasteiger partial charge in [0, 0.05) is 19.5 Å². The quantitative estimate of drug-likeness (QED) is 0.302. The van der Waals surface area contributed by atoms with E-state index in [1.54, 1.807) is 32.0 Å². The Balaban J connectivity index is 1.22. The first kappa shape index (κ1) is 24.2. The summed E-state index contributed by atoms with van der Waals surface area (Å²) in [7, 11) is 0. The molecule has 0 saturated carbocycles. The average molecular weight is 526 g/mol. The van der Waals surface area contributed by atoms with E-state index in [0.29, 0.717) is 35.4 Å². The van der Waals surface area contributed by atoms with Gasteiger partial charge in [-0.05, 0) is 60.2 Å². The molecule has 5 aromatic rings. The number of oxazole rings is 1. The van der Waals surface area contributed by atoms with Gasteiger partial charge in [-0.15, -0.1) is 0 Å². The number of aryl methyl sites for hydroxylation is 1. The van der Waals surface area contributed by atoms with Gasteiger partial charge in [-0.2, -0.15) is 14.6 Å². The van der Waals surface area contributed by atoms with E-state index in [1.807, 2.05) is 12.1 Å². The fraction of sp³-hybridized carbons (Fsp3) is 0.222. The zero-order valence-corrected chi connectivity index (χ0v) is 21.1. The number of hydrogen-bond acceptors (Lipinski definition) is 8. The van der Waals surface area contributed by atoms with Crippen LogP contribution < -0.4 is 10.6 Å². The minimum absolute atomic E-state index is 0.0211. The van der Waals surface area contributed by atoms with Crippen LogP contribution in [0.3, 0.4) is 0 Å². The number of carboxylic acid groups (broad SMARTS) is 1. The highest BCUT2D eigenvalue weighted by molar-refractivity contribution is 5.98. The number of nitrogens with zero attached hydrogens (tertiary/aromatic N) is 5. The maximum absolute atomic E-state index is 13.4. The third kappa shape index (κ3) is 4.35. The standard InChI is InChI=1S/C27H23N7O5/c1-13-16-6-7-19(18(16)5-4-17(13)26(37)38)32-25(36)22-10-21(33-27-29-12-30-34(22)27)24(35)28-11-15-3-8-23-20(9-15)31-14(2)39-23/h3-5,8-10,12,19H,6-7,11H2,1-2H3,(H,28,35)(H,32,36)(H,37,38)/t19-/m0/s1. The molecule has 12 nitrogen and oxygen atoms in total. The van der Waals surface area contributed by atoms with E-state index in [-0.39, 0.29) is 35.3 Å². The average Bonchev–Trinajstić information content (AvgIpc) is 3.64. The maximum Gasteiger partial charge on any atom is 0.335 e. The number of amides is 2. The minimum atomic E-state index is -0.979. The zero-order chi connectivity index (χ0) is 27.3. The molecular weight excluding hydrogens is 502 g/mol. The number of hydrogen-bond donors (Lipinski definition) is 3. The van der Waals surface area contributed by atoms with Gasteiger partial charge in [0.25, 0.3) is 17.6 Å². The van der Waals surface area contributed by atoms with Crippen LogP contribution in [0.5, 0.6) is 0 Å². The lowest BCUT2D eigenvalue weighted by atomic mass is 9.98. The molecule has 1 aliphatic carbocycles. The number of carbonyl (C=O) groups excluding carboxylic acids is 2. The number of carboxylic acids is 1. The molecule has 1 atom stereocenters. The second kappa shape index (κ2) is 9.31. The van der Waals surface area contributed by atoms with Crippen molar-refractivity contribution >= 4 is 34.7 Å². The molecule has 0 aliphatic heterocycles. The fourth-order valence-corrected chi connectivity index (χ4v) is 5.06. The van der Waals surface area contributed by atoms with Crippen molar-refractivity contribution in [2.24, 2.45) is 0 Å². The summed E-state index contributed by atoms with van der Waals surface area (Å²) >= 11 is 0. The molecule has 196 valence electrons. The Bertz CT molecular complexity index is 1810. The third-order valence-electron chi connectivity index (χ3n) is 6.96. The van der Waals surface area contributed by atoms with E-state index in [9.17, 15) is 19.5 Å². The van der Waals surface area contributed by atoms with Gasteiger partial charge in [-0.25, -0.2) is 14.8 Å². The van der Waals surface area contributed by atoms with Gasteiger partial charge in [0.15, 0.2) is 11.5 Å². The summed E-state index contributed by atoms with van der Waals surface area (Å²) in [5.74, 6) is -1.24. The number of fused-ring (bicyclic) bond motifs is 3. The molecule has 3 N–H and O–H groups in total. The smallest absolute Gasteiger partial charge is 0.335 e. The lowest BCUT2D eigenvalue weighted by Crippen LogP contribution is -2.30. The second-order valence-electron chi connectivity index (χ2n) is 9.39. The Kier molecular flexibility index (Phi) is 5.78. The van der Waals surface area contributed by atoms with Crippen molar-refractivity contribution in [2.45, 2.75) is 39.3 Å². The third-order valence-corrected chi connectivity index (χ3v) is 6.96. The van der Waals surface area contributed by atoms with Crippen LogP contribution in [0.2, 0.25) is 0 Å². The molecule has 2 amide bonds. The largest absolute Gasteiger partial charge is 0.478 e. The van der Waals surface area contributed by atoms with Gasteiger partial charge >= 0.3 is 5.97 Å². The normalized spacial score (nSPS) is 14.5. The second-order valence-corrected chi connectivity index (χ2v) is 9.39. The summed E-state index contributed by atoms with van der Waals surface area (Å²) in [5, 5.41) is 19.3. The predicted octanol–water partition coefficient (Wildman–Crippen LogP) is 2.93. The molecule has 3 aromatic heterocycles. The van der Waals surface area contributed by atoms with Crippen LogP contribution in [0.1, 0.15) is 71.9 Å². The van der Waals surface area contributed by atoms with Crippen LogP contribution in [0.15, 0.2) is 47.1 Å². The van der Waals surface area contributed by atoms with Crippen LogP contribution in [0.4, 0.5) is 0 Å². The maximum atomic E-state index is 13.4. The Morgan fingerprint density at radius 1 is 1.10 bits per heavy atom. The molecule has 0 bridgehead atoms. The molecule has 0 radical (unpaired) electrons. The van der Waals surface area contributed by atoms with Gasteiger partial charge in [-0.1, -0.05) is 12.1 Å². The van der Waals surface area contributed by atoms with Crippen molar-refractivity contribution in [3.05, 3.63) is 87.8 Å². The first-order valence-corrected chi connectivity index (χ1v) is 12.3. The fourth-order valence-electron chi connectivity index (χ4n) is 5.06. The zero-order valence-electron chi connectivity index (χ0n) is 21.1. The topological polar surface area (TPSA) is 165 Å². The first-order chi connectivity index (χ1) is 18.8. The van der Waals surface area contributed by atoms with Crippen molar-refractivity contribution in [3.8, 4) is 0 Å². The number of benzene rings is 2. The minimum Gasteiger partial charge on any atom is -0.478 e. The molecule has 0 saturated heterocycles. The molecule has 0 fully saturated rings. The van der Waals surface area contributed by atoms with Crippen molar-refractivity contribution in [1.82, 2.24) is 35.2 Å². The molecule has 39 heavy (non-hydrogen) atoms. The number of carbonyl (C=O) groups is 3. The molecular formula is C27H23N7O5. The molecule has 12 heteroatoms. The van der Waals surface area contributed by atoms with E-state index in [1.165, 1.54) is 16.9 Å². The molecule has 3 heterocycles. The number of nitrogens with one attached hydrogen (secondary N) is 2. The summed E-state index contributed by atoms with van der Waals surface area (Å²) in [6.07, 6.45) is 2.53. The Morgan fingerprint density at radius 3 is 2.77 bits per heavy atom. The van der Waals surface area contributed by atoms with Crippen LogP contribution in [-0.2, 0) is 13.0 Å². The Labute approximate surface area is 221 Å². The van der Waals surface area contributed by atoms with E-state index < -0.39 is 17.8 Å². The number of rotatable bonds is 6. The summed E-state index contributed by atoms with van der Waals surface area (Å²) < 4.78 is 6.77. The van der Waals surface area contributed by atoms with Crippen molar-refractivity contribution < 1.29 is 23.9 Å². The highest BCUT2D eigenvalue weighted by atomic mass is 16.4. The monoisotopic (exact) mass is 525 g/mol. The molecule has 0 spiro atoms. The summed E-state index contributed by atoms with van der Waals surface area (Å²) in [6, 6.07) is 9.84. The van der Waals surface area contributed by atoms with Crippen LogP contribution in [-0.4, -0.2) is 47.5 Å².